The predicted molar refractivity (Wildman–Crippen MR) is 48.2 cm³/mol. The molecule has 5 heteroatoms. The first kappa shape index (κ1) is 7.21. The topological polar surface area (TPSA) is 25.8 Å². The minimum absolute atomic E-state index is 0.702. The third-order valence-electron chi connectivity index (χ3n) is 1.13. The molecule has 2 heterocycles. The number of halogens is 1. The van der Waals surface area contributed by atoms with Gasteiger partial charge in [-0.15, -0.1) is 22.7 Å². The highest BCUT2D eigenvalue weighted by molar-refractivity contribution is 7.19. The molecule has 0 aliphatic carbocycles. The zero-order valence-electron chi connectivity index (χ0n) is 5.32. The first-order chi connectivity index (χ1) is 5.36. The fourth-order valence-corrected chi connectivity index (χ4v) is 2.18. The van der Waals surface area contributed by atoms with Crippen molar-refractivity contribution < 1.29 is 0 Å². The first-order valence-electron chi connectivity index (χ1n) is 2.86. The number of thiazole rings is 2. The molecule has 0 bridgehead atoms. The maximum atomic E-state index is 5.71. The second kappa shape index (κ2) is 2.89. The molecule has 0 fully saturated rings. The van der Waals surface area contributed by atoms with Crippen LogP contribution in [-0.2, 0) is 0 Å². The monoisotopic (exact) mass is 202 g/mol. The summed E-state index contributed by atoms with van der Waals surface area (Å²) < 4.78 is 0.702. The Balaban J connectivity index is 2.45. The minimum Gasteiger partial charge on any atom is -0.242 e. The molecule has 0 aliphatic rings. The molecule has 2 aromatic heterocycles. The van der Waals surface area contributed by atoms with E-state index in [0.717, 1.165) is 10.7 Å². The van der Waals surface area contributed by atoms with Gasteiger partial charge in [0, 0.05) is 5.38 Å². The van der Waals surface area contributed by atoms with Crippen molar-refractivity contribution in [2.75, 3.05) is 0 Å². The minimum atomic E-state index is 0.702. The molecule has 0 spiro atoms. The zero-order chi connectivity index (χ0) is 7.68. The lowest BCUT2D eigenvalue weighted by Gasteiger charge is -1.82. The molecule has 0 radical (unpaired) electrons. The summed E-state index contributed by atoms with van der Waals surface area (Å²) >= 11 is 8.71. The molecular weight excluding hydrogens is 200 g/mol. The van der Waals surface area contributed by atoms with E-state index in [-0.39, 0.29) is 0 Å². The van der Waals surface area contributed by atoms with E-state index in [4.69, 9.17) is 11.6 Å². The number of nitrogens with zero attached hydrogens (tertiary/aromatic N) is 2. The van der Waals surface area contributed by atoms with Gasteiger partial charge in [0.05, 0.1) is 11.7 Å². The Kier molecular flexibility index (Phi) is 1.89. The number of aromatic nitrogens is 2. The molecule has 2 nitrogen and oxygen atoms in total. The van der Waals surface area contributed by atoms with Crippen LogP contribution in [0.5, 0.6) is 0 Å². The molecule has 0 aliphatic heterocycles. The van der Waals surface area contributed by atoms with Crippen LogP contribution in [0.15, 0.2) is 17.1 Å². The molecule has 0 N–H and O–H groups in total. The quantitative estimate of drug-likeness (QED) is 0.711. The summed E-state index contributed by atoms with van der Waals surface area (Å²) in [4.78, 5) is 8.20. The number of hydrogen-bond donors (Lipinski definition) is 0. The summed E-state index contributed by atoms with van der Waals surface area (Å²) in [6.45, 7) is 0. The van der Waals surface area contributed by atoms with Gasteiger partial charge in [-0.25, -0.2) is 9.97 Å². The molecular formula is C6H3ClN2S2. The van der Waals surface area contributed by atoms with Crippen LogP contribution >= 0.6 is 34.3 Å². The van der Waals surface area contributed by atoms with Crippen molar-refractivity contribution in [2.45, 2.75) is 0 Å². The maximum Gasteiger partial charge on any atom is 0.144 e. The molecule has 0 amide bonds. The van der Waals surface area contributed by atoms with Gasteiger partial charge in [-0.05, 0) is 0 Å². The summed E-state index contributed by atoms with van der Waals surface area (Å²) in [5, 5.41) is 2.84. The average Bonchev–Trinajstić information content (AvgIpc) is 2.55. The Labute approximate surface area is 76.5 Å². The van der Waals surface area contributed by atoms with E-state index in [1.54, 1.807) is 23.0 Å². The Bertz CT molecular complexity index is 341. The fraction of sp³-hybridized carbons (Fsp3) is 0. The lowest BCUT2D eigenvalue weighted by Crippen LogP contribution is -1.70. The fourth-order valence-electron chi connectivity index (χ4n) is 0.691. The van der Waals surface area contributed by atoms with Crippen molar-refractivity contribution in [2.24, 2.45) is 0 Å². The summed E-state index contributed by atoms with van der Waals surface area (Å²) in [6.07, 6.45) is 1.64. The van der Waals surface area contributed by atoms with Crippen LogP contribution in [0, 0.1) is 0 Å². The maximum absolute atomic E-state index is 5.71. The van der Waals surface area contributed by atoms with Crippen LogP contribution < -0.4 is 0 Å². The van der Waals surface area contributed by atoms with Crippen molar-refractivity contribution in [1.82, 2.24) is 9.97 Å². The van der Waals surface area contributed by atoms with Gasteiger partial charge in [0.15, 0.2) is 0 Å². The van der Waals surface area contributed by atoms with Crippen molar-refractivity contribution in [3.8, 4) is 10.7 Å². The summed E-state index contributed by atoms with van der Waals surface area (Å²) in [7, 11) is 0. The average molecular weight is 203 g/mol. The molecule has 2 rings (SSSR count). The van der Waals surface area contributed by atoms with E-state index in [9.17, 15) is 0 Å². The molecule has 0 unspecified atom stereocenters. The van der Waals surface area contributed by atoms with E-state index < -0.39 is 0 Å². The highest BCUT2D eigenvalue weighted by Crippen LogP contribution is 2.27. The summed E-state index contributed by atoms with van der Waals surface area (Å²) in [5.41, 5.74) is 2.69. The summed E-state index contributed by atoms with van der Waals surface area (Å²) in [6, 6.07) is 0. The Morgan fingerprint density at radius 3 is 2.82 bits per heavy atom. The van der Waals surface area contributed by atoms with Gasteiger partial charge < -0.3 is 0 Å². The Morgan fingerprint density at radius 2 is 2.27 bits per heavy atom. The Hall–Kier alpha value is -0.450. The van der Waals surface area contributed by atoms with Crippen LogP contribution in [0.4, 0.5) is 0 Å². The van der Waals surface area contributed by atoms with Crippen molar-refractivity contribution >= 4 is 34.3 Å². The van der Waals surface area contributed by atoms with Crippen molar-refractivity contribution in [1.29, 1.82) is 0 Å². The largest absolute Gasteiger partial charge is 0.242 e. The van der Waals surface area contributed by atoms with Crippen LogP contribution in [0.1, 0.15) is 0 Å². The second-order valence-electron chi connectivity index (χ2n) is 1.84. The van der Waals surface area contributed by atoms with Gasteiger partial charge in [0.2, 0.25) is 0 Å². The van der Waals surface area contributed by atoms with Gasteiger partial charge in [0.25, 0.3) is 0 Å². The molecule has 2 aromatic rings. The normalized spacial score (nSPS) is 10.3. The van der Waals surface area contributed by atoms with Crippen LogP contribution in [0.2, 0.25) is 4.34 Å². The highest BCUT2D eigenvalue weighted by Gasteiger charge is 2.03. The highest BCUT2D eigenvalue weighted by atomic mass is 35.5. The SMILES string of the molecule is Clc1cnc(-c2cscn2)s1. The molecule has 56 valence electrons. The molecule has 0 aromatic carbocycles. The molecule has 11 heavy (non-hydrogen) atoms. The molecule has 0 saturated heterocycles. The van der Waals surface area contributed by atoms with Gasteiger partial charge in [-0.3, -0.25) is 0 Å². The lowest BCUT2D eigenvalue weighted by atomic mass is 10.5. The van der Waals surface area contributed by atoms with Gasteiger partial charge in [-0.2, -0.15) is 0 Å². The summed E-state index contributed by atoms with van der Waals surface area (Å²) in [5.74, 6) is 0. The van der Waals surface area contributed by atoms with E-state index in [1.165, 1.54) is 11.3 Å². The van der Waals surface area contributed by atoms with Gasteiger partial charge >= 0.3 is 0 Å². The number of rotatable bonds is 1. The lowest BCUT2D eigenvalue weighted by molar-refractivity contribution is 1.34. The van der Waals surface area contributed by atoms with Crippen LogP contribution in [-0.4, -0.2) is 9.97 Å². The molecule has 0 atom stereocenters. The van der Waals surface area contributed by atoms with Gasteiger partial charge in [0.1, 0.15) is 15.0 Å². The third-order valence-corrected chi connectivity index (χ3v) is 2.85. The van der Waals surface area contributed by atoms with Crippen LogP contribution in [0.25, 0.3) is 10.7 Å². The first-order valence-corrected chi connectivity index (χ1v) is 5.00. The smallest absolute Gasteiger partial charge is 0.144 e. The standard InChI is InChI=1S/C6H3ClN2S2/c7-5-1-8-6(11-5)4-2-10-3-9-4/h1-3H. The van der Waals surface area contributed by atoms with E-state index in [2.05, 4.69) is 9.97 Å². The molecule has 0 saturated carbocycles. The zero-order valence-corrected chi connectivity index (χ0v) is 7.71. The van der Waals surface area contributed by atoms with Crippen LogP contribution in [0.3, 0.4) is 0 Å². The predicted octanol–water partition coefficient (Wildman–Crippen LogP) is 2.92. The van der Waals surface area contributed by atoms with Crippen molar-refractivity contribution in [3.63, 3.8) is 0 Å². The van der Waals surface area contributed by atoms with Crippen molar-refractivity contribution in [3.05, 3.63) is 21.4 Å². The van der Waals surface area contributed by atoms with E-state index in [1.807, 2.05) is 5.38 Å². The van der Waals surface area contributed by atoms with Gasteiger partial charge in [-0.1, -0.05) is 11.6 Å². The van der Waals surface area contributed by atoms with E-state index >= 15 is 0 Å². The second-order valence-corrected chi connectivity index (χ2v) is 4.22. The Morgan fingerprint density at radius 1 is 1.36 bits per heavy atom. The van der Waals surface area contributed by atoms with E-state index in [0.29, 0.717) is 4.34 Å². The third kappa shape index (κ3) is 1.42. The number of hydrogen-bond acceptors (Lipinski definition) is 4.